The molecule has 2 aliphatic heterocycles. The molecule has 0 radical (unpaired) electrons. The Bertz CT molecular complexity index is 1080. The fraction of sp³-hybridized carbons (Fsp3) is 0.450. The molecule has 0 N–H and O–H groups in total. The van der Waals surface area contributed by atoms with Crippen LogP contribution in [0.25, 0.3) is 16.9 Å². The van der Waals surface area contributed by atoms with Gasteiger partial charge in [-0.2, -0.15) is 5.10 Å². The van der Waals surface area contributed by atoms with Gasteiger partial charge in [0.05, 0.1) is 35.1 Å². The van der Waals surface area contributed by atoms with Crippen LogP contribution in [-0.2, 0) is 4.74 Å². The van der Waals surface area contributed by atoms with E-state index < -0.39 is 5.82 Å². The van der Waals surface area contributed by atoms with Gasteiger partial charge in [-0.15, -0.1) is 0 Å². The van der Waals surface area contributed by atoms with E-state index in [-0.39, 0.29) is 15.7 Å². The van der Waals surface area contributed by atoms with Gasteiger partial charge < -0.3 is 9.64 Å². The highest BCUT2D eigenvalue weighted by molar-refractivity contribution is 6.43. The maximum absolute atomic E-state index is 14.4. The number of aromatic nitrogens is 4. The molecule has 0 aliphatic carbocycles. The lowest BCUT2D eigenvalue weighted by Crippen LogP contribution is -2.41. The minimum atomic E-state index is -0.524. The van der Waals surface area contributed by atoms with E-state index in [9.17, 15) is 4.39 Å². The molecule has 0 unspecified atom stereocenters. The van der Waals surface area contributed by atoms with Crippen LogP contribution in [0.5, 0.6) is 0 Å². The summed E-state index contributed by atoms with van der Waals surface area (Å²) in [5.74, 6) is 0.279. The van der Waals surface area contributed by atoms with E-state index in [1.807, 2.05) is 0 Å². The van der Waals surface area contributed by atoms with Gasteiger partial charge in [0.15, 0.2) is 11.5 Å². The average Bonchev–Trinajstić information content (AvgIpc) is 3.29. The second kappa shape index (κ2) is 7.07. The molecule has 5 rings (SSSR count). The second-order valence-corrected chi connectivity index (χ2v) is 8.78. The second-order valence-electron chi connectivity index (χ2n) is 8.00. The number of halogens is 3. The topological polar surface area (TPSA) is 56.1 Å². The number of ether oxygens (including phenoxy) is 1. The molecule has 2 saturated heterocycles. The molecule has 1 spiro atoms. The Morgan fingerprint density at radius 2 is 2.00 bits per heavy atom. The first-order chi connectivity index (χ1) is 14.0. The van der Waals surface area contributed by atoms with E-state index in [0.717, 1.165) is 44.8 Å². The highest BCUT2D eigenvalue weighted by atomic mass is 35.5. The minimum absolute atomic E-state index is 0.0754. The number of hydrogen-bond donors (Lipinski definition) is 0. The smallest absolute Gasteiger partial charge is 0.181 e. The van der Waals surface area contributed by atoms with Crippen molar-refractivity contribution in [2.45, 2.75) is 32.3 Å². The van der Waals surface area contributed by atoms with E-state index >= 15 is 0 Å². The molecule has 0 amide bonds. The highest BCUT2D eigenvalue weighted by Crippen LogP contribution is 2.42. The molecule has 1 atom stereocenters. The summed E-state index contributed by atoms with van der Waals surface area (Å²) in [6.45, 7) is 4.83. The molecular weight excluding hydrogens is 416 g/mol. The zero-order chi connectivity index (χ0) is 20.2. The number of piperidine rings is 1. The van der Waals surface area contributed by atoms with Crippen molar-refractivity contribution in [1.29, 1.82) is 0 Å². The van der Waals surface area contributed by atoms with E-state index in [4.69, 9.17) is 32.9 Å². The molecule has 2 aromatic heterocycles. The quantitative estimate of drug-likeness (QED) is 0.548. The van der Waals surface area contributed by atoms with Crippen LogP contribution in [0, 0.1) is 11.2 Å². The lowest BCUT2D eigenvalue weighted by atomic mass is 9.77. The molecule has 2 fully saturated rings. The van der Waals surface area contributed by atoms with Gasteiger partial charge in [0.1, 0.15) is 17.0 Å². The Labute approximate surface area is 177 Å². The Kier molecular flexibility index (Phi) is 4.64. The zero-order valence-electron chi connectivity index (χ0n) is 15.9. The lowest BCUT2D eigenvalue weighted by Gasteiger charge is -2.38. The van der Waals surface area contributed by atoms with Crippen LogP contribution in [0.15, 0.2) is 24.5 Å². The zero-order valence-corrected chi connectivity index (χ0v) is 17.4. The number of fused-ring (bicyclic) bond motifs is 1. The summed E-state index contributed by atoms with van der Waals surface area (Å²) < 4.78 is 21.5. The number of nitrogens with zero attached hydrogens (tertiary/aromatic N) is 5. The van der Waals surface area contributed by atoms with E-state index in [1.165, 1.54) is 16.8 Å². The predicted molar refractivity (Wildman–Crippen MR) is 111 cm³/mol. The third-order valence-corrected chi connectivity index (χ3v) is 6.83. The van der Waals surface area contributed by atoms with Crippen LogP contribution in [0.3, 0.4) is 0 Å². The van der Waals surface area contributed by atoms with Crippen molar-refractivity contribution < 1.29 is 9.13 Å². The maximum Gasteiger partial charge on any atom is 0.181 e. The summed E-state index contributed by atoms with van der Waals surface area (Å²) in [7, 11) is 0. The predicted octanol–water partition coefficient (Wildman–Crippen LogP) is 4.66. The van der Waals surface area contributed by atoms with Crippen molar-refractivity contribution in [1.82, 2.24) is 19.7 Å². The van der Waals surface area contributed by atoms with Crippen LogP contribution in [0.1, 0.15) is 26.2 Å². The first-order valence-electron chi connectivity index (χ1n) is 9.67. The molecule has 9 heteroatoms. The van der Waals surface area contributed by atoms with Crippen molar-refractivity contribution >= 4 is 40.2 Å². The van der Waals surface area contributed by atoms with Crippen LogP contribution >= 0.6 is 23.2 Å². The van der Waals surface area contributed by atoms with Gasteiger partial charge in [-0.3, -0.25) is 0 Å². The largest absolute Gasteiger partial charge is 0.378 e. The minimum Gasteiger partial charge on any atom is -0.378 e. The summed E-state index contributed by atoms with van der Waals surface area (Å²) in [5.41, 5.74) is 1.39. The van der Waals surface area contributed by atoms with Crippen LogP contribution in [-0.4, -0.2) is 45.5 Å². The molecule has 1 aromatic carbocycles. The molecule has 152 valence electrons. The Hall–Kier alpha value is -1.96. The van der Waals surface area contributed by atoms with Crippen LogP contribution < -0.4 is 4.90 Å². The molecule has 0 bridgehead atoms. The highest BCUT2D eigenvalue weighted by Gasteiger charge is 2.41. The Morgan fingerprint density at radius 1 is 1.21 bits per heavy atom. The number of rotatable bonds is 2. The van der Waals surface area contributed by atoms with Crippen molar-refractivity contribution in [2.24, 2.45) is 5.41 Å². The summed E-state index contributed by atoms with van der Waals surface area (Å²) in [4.78, 5) is 11.5. The molecule has 0 saturated carbocycles. The van der Waals surface area contributed by atoms with Crippen molar-refractivity contribution in [3.05, 3.63) is 40.4 Å². The summed E-state index contributed by atoms with van der Waals surface area (Å²) >= 11 is 12.3. The SMILES string of the molecule is C[C@H]1CC2(CCN(c3cnc4c(cnn4-c4c(F)ccc(Cl)c4Cl)n3)CC2)CO1. The van der Waals surface area contributed by atoms with Gasteiger partial charge >= 0.3 is 0 Å². The van der Waals surface area contributed by atoms with Crippen LogP contribution in [0.4, 0.5) is 10.2 Å². The molecule has 2 aliphatic rings. The molecule has 29 heavy (non-hydrogen) atoms. The van der Waals surface area contributed by atoms with E-state index in [0.29, 0.717) is 22.7 Å². The summed E-state index contributed by atoms with van der Waals surface area (Å²) in [6, 6.07) is 2.67. The molecule has 4 heterocycles. The first-order valence-corrected chi connectivity index (χ1v) is 10.4. The van der Waals surface area contributed by atoms with Gasteiger partial charge in [-0.1, -0.05) is 23.2 Å². The number of anilines is 1. The van der Waals surface area contributed by atoms with E-state index in [2.05, 4.69) is 21.9 Å². The van der Waals surface area contributed by atoms with Crippen molar-refractivity contribution in [3.63, 3.8) is 0 Å². The average molecular weight is 436 g/mol. The van der Waals surface area contributed by atoms with Crippen LogP contribution in [0.2, 0.25) is 10.0 Å². The third-order valence-electron chi connectivity index (χ3n) is 6.04. The summed E-state index contributed by atoms with van der Waals surface area (Å²) in [6.07, 6.45) is 6.93. The lowest BCUT2D eigenvalue weighted by molar-refractivity contribution is 0.0976. The van der Waals surface area contributed by atoms with Gasteiger partial charge in [0.25, 0.3) is 0 Å². The molecular formula is C20H20Cl2FN5O. The fourth-order valence-corrected chi connectivity index (χ4v) is 4.82. The number of hydrogen-bond acceptors (Lipinski definition) is 5. The van der Waals surface area contributed by atoms with Crippen molar-refractivity contribution in [3.8, 4) is 5.69 Å². The molecule has 3 aromatic rings. The fourth-order valence-electron chi connectivity index (χ4n) is 4.44. The van der Waals surface area contributed by atoms with Gasteiger partial charge in [-0.25, -0.2) is 19.0 Å². The van der Waals surface area contributed by atoms with Gasteiger partial charge in [0.2, 0.25) is 0 Å². The maximum atomic E-state index is 14.4. The Balaban J connectivity index is 1.43. The van der Waals surface area contributed by atoms with Gasteiger partial charge in [0, 0.05) is 13.1 Å². The normalized spacial score (nSPS) is 21.4. The van der Waals surface area contributed by atoms with Gasteiger partial charge in [-0.05, 0) is 43.7 Å². The first kappa shape index (κ1) is 19.0. The molecule has 6 nitrogen and oxygen atoms in total. The summed E-state index contributed by atoms with van der Waals surface area (Å²) in [5, 5.41) is 4.60. The number of benzene rings is 1. The monoisotopic (exact) mass is 435 g/mol. The van der Waals surface area contributed by atoms with E-state index in [1.54, 1.807) is 12.4 Å². The Morgan fingerprint density at radius 3 is 2.72 bits per heavy atom. The van der Waals surface area contributed by atoms with Crippen molar-refractivity contribution in [2.75, 3.05) is 24.6 Å². The standard InChI is InChI=1S/C20H20Cl2FN5O/c1-12-8-20(11-29-12)4-6-27(7-5-20)16-10-24-19-15(26-16)9-25-28(19)18-14(23)3-2-13(21)17(18)22/h2-3,9-10,12H,4-8,11H2,1H3/t12-/m0/s1. The third kappa shape index (κ3) is 3.25.